The Balaban J connectivity index is 1.96. The standard InChI is InChI=1S/C16H29NO/c1-12-9-13(2)15(16(18)10-12)11-17-8-6-4-5-7-14(17)3/h12-15H,4-11H2,1-3H3. The number of likely N-dealkylation sites (tertiary alicyclic amines) is 1. The summed E-state index contributed by atoms with van der Waals surface area (Å²) in [5.41, 5.74) is 0. The Kier molecular flexibility index (Phi) is 4.83. The predicted octanol–water partition coefficient (Wildman–Crippen LogP) is 3.50. The summed E-state index contributed by atoms with van der Waals surface area (Å²) < 4.78 is 0. The summed E-state index contributed by atoms with van der Waals surface area (Å²) in [6.07, 6.45) is 7.41. The van der Waals surface area contributed by atoms with Crippen molar-refractivity contribution in [3.8, 4) is 0 Å². The van der Waals surface area contributed by atoms with Gasteiger partial charge in [0.25, 0.3) is 0 Å². The third-order valence-electron chi connectivity index (χ3n) is 5.05. The highest BCUT2D eigenvalue weighted by Gasteiger charge is 2.34. The van der Waals surface area contributed by atoms with Crippen molar-refractivity contribution in [1.82, 2.24) is 4.90 Å². The number of hydrogen-bond donors (Lipinski definition) is 0. The average molecular weight is 251 g/mol. The van der Waals surface area contributed by atoms with Crippen molar-refractivity contribution in [3.63, 3.8) is 0 Å². The first-order chi connectivity index (χ1) is 8.58. The van der Waals surface area contributed by atoms with Crippen molar-refractivity contribution >= 4 is 5.78 Å². The molecule has 0 N–H and O–H groups in total. The van der Waals surface area contributed by atoms with Gasteiger partial charge in [-0.05, 0) is 44.6 Å². The van der Waals surface area contributed by atoms with E-state index in [-0.39, 0.29) is 0 Å². The van der Waals surface area contributed by atoms with Gasteiger partial charge in [0.1, 0.15) is 5.78 Å². The highest BCUT2D eigenvalue weighted by Crippen LogP contribution is 2.32. The molecule has 2 nitrogen and oxygen atoms in total. The smallest absolute Gasteiger partial charge is 0.137 e. The first-order valence-corrected chi connectivity index (χ1v) is 7.84. The molecule has 2 fully saturated rings. The van der Waals surface area contributed by atoms with Crippen molar-refractivity contribution in [1.29, 1.82) is 0 Å². The van der Waals surface area contributed by atoms with Crippen LogP contribution in [0.2, 0.25) is 0 Å². The molecule has 0 aromatic rings. The summed E-state index contributed by atoms with van der Waals surface area (Å²) in [5, 5.41) is 0. The van der Waals surface area contributed by atoms with E-state index < -0.39 is 0 Å². The topological polar surface area (TPSA) is 20.3 Å². The Bertz CT molecular complexity index is 289. The van der Waals surface area contributed by atoms with E-state index in [0.717, 1.165) is 13.0 Å². The lowest BCUT2D eigenvalue weighted by atomic mass is 9.74. The van der Waals surface area contributed by atoms with E-state index in [2.05, 4.69) is 25.7 Å². The number of ketones is 1. The Morgan fingerprint density at radius 1 is 1.17 bits per heavy atom. The normalized spacial score (nSPS) is 39.6. The minimum Gasteiger partial charge on any atom is -0.300 e. The van der Waals surface area contributed by atoms with Gasteiger partial charge in [0, 0.05) is 24.9 Å². The minimum atomic E-state index is 0.307. The third kappa shape index (κ3) is 3.34. The SMILES string of the molecule is CC1CC(=O)C(CN2CCCCCC2C)C(C)C1. The zero-order valence-electron chi connectivity index (χ0n) is 12.3. The van der Waals surface area contributed by atoms with Crippen molar-refractivity contribution in [3.05, 3.63) is 0 Å². The maximum absolute atomic E-state index is 12.3. The molecule has 4 atom stereocenters. The van der Waals surface area contributed by atoms with Crippen LogP contribution in [0.5, 0.6) is 0 Å². The van der Waals surface area contributed by atoms with Gasteiger partial charge < -0.3 is 0 Å². The van der Waals surface area contributed by atoms with Crippen LogP contribution < -0.4 is 0 Å². The largest absolute Gasteiger partial charge is 0.300 e. The van der Waals surface area contributed by atoms with Crippen molar-refractivity contribution in [2.24, 2.45) is 17.8 Å². The van der Waals surface area contributed by atoms with Crippen molar-refractivity contribution < 1.29 is 4.79 Å². The molecular weight excluding hydrogens is 222 g/mol. The molecule has 1 aliphatic heterocycles. The fourth-order valence-electron chi connectivity index (χ4n) is 3.83. The van der Waals surface area contributed by atoms with Gasteiger partial charge in [-0.3, -0.25) is 9.69 Å². The third-order valence-corrected chi connectivity index (χ3v) is 5.05. The molecule has 1 aliphatic carbocycles. The molecule has 0 amide bonds. The van der Waals surface area contributed by atoms with Gasteiger partial charge in [0.2, 0.25) is 0 Å². The van der Waals surface area contributed by atoms with Gasteiger partial charge in [-0.25, -0.2) is 0 Å². The van der Waals surface area contributed by atoms with Gasteiger partial charge in [-0.1, -0.05) is 26.7 Å². The molecule has 0 aromatic carbocycles. The van der Waals surface area contributed by atoms with E-state index in [1.54, 1.807) is 0 Å². The second kappa shape index (κ2) is 6.18. The van der Waals surface area contributed by atoms with Crippen LogP contribution in [-0.2, 0) is 4.79 Å². The van der Waals surface area contributed by atoms with E-state index in [0.29, 0.717) is 29.6 Å². The van der Waals surface area contributed by atoms with E-state index in [1.807, 2.05) is 0 Å². The van der Waals surface area contributed by atoms with E-state index >= 15 is 0 Å². The summed E-state index contributed by atoms with van der Waals surface area (Å²) in [6, 6.07) is 0.673. The molecule has 0 radical (unpaired) electrons. The molecule has 104 valence electrons. The maximum Gasteiger partial charge on any atom is 0.137 e. The van der Waals surface area contributed by atoms with Crippen molar-refractivity contribution in [2.75, 3.05) is 13.1 Å². The van der Waals surface area contributed by atoms with Gasteiger partial charge in [-0.15, -0.1) is 0 Å². The van der Waals surface area contributed by atoms with Crippen LogP contribution in [0.1, 0.15) is 59.3 Å². The lowest BCUT2D eigenvalue weighted by Gasteiger charge is -2.37. The molecule has 0 bridgehead atoms. The zero-order valence-corrected chi connectivity index (χ0v) is 12.3. The molecule has 0 aromatic heterocycles. The summed E-state index contributed by atoms with van der Waals surface area (Å²) >= 11 is 0. The predicted molar refractivity (Wildman–Crippen MR) is 75.6 cm³/mol. The Hall–Kier alpha value is -0.370. The number of nitrogens with zero attached hydrogens (tertiary/aromatic N) is 1. The van der Waals surface area contributed by atoms with Gasteiger partial charge >= 0.3 is 0 Å². The molecule has 0 spiro atoms. The average Bonchev–Trinajstić information content (AvgIpc) is 2.49. The highest BCUT2D eigenvalue weighted by molar-refractivity contribution is 5.82. The fraction of sp³-hybridized carbons (Fsp3) is 0.938. The van der Waals surface area contributed by atoms with Gasteiger partial charge in [0.05, 0.1) is 0 Å². The fourth-order valence-corrected chi connectivity index (χ4v) is 3.83. The quantitative estimate of drug-likeness (QED) is 0.748. The zero-order chi connectivity index (χ0) is 13.1. The number of Topliss-reactive ketones (excluding diaryl/α,β-unsaturated/α-hetero) is 1. The molecule has 18 heavy (non-hydrogen) atoms. The van der Waals surface area contributed by atoms with Gasteiger partial charge in [0.15, 0.2) is 0 Å². The maximum atomic E-state index is 12.3. The summed E-state index contributed by atoms with van der Waals surface area (Å²) in [7, 11) is 0. The van der Waals surface area contributed by atoms with Crippen LogP contribution in [0.3, 0.4) is 0 Å². The van der Waals surface area contributed by atoms with Crippen molar-refractivity contribution in [2.45, 2.75) is 65.3 Å². The number of hydrogen-bond acceptors (Lipinski definition) is 2. The Labute approximate surface area is 112 Å². The molecule has 2 rings (SSSR count). The van der Waals surface area contributed by atoms with Crippen LogP contribution in [0, 0.1) is 17.8 Å². The first-order valence-electron chi connectivity index (χ1n) is 7.84. The number of carbonyl (C=O) groups excluding carboxylic acids is 1. The van der Waals surface area contributed by atoms with Crippen LogP contribution in [0.4, 0.5) is 0 Å². The first kappa shape index (κ1) is 14.0. The van der Waals surface area contributed by atoms with Crippen LogP contribution in [-0.4, -0.2) is 29.8 Å². The molecule has 4 unspecified atom stereocenters. The lowest BCUT2D eigenvalue weighted by Crippen LogP contribution is -2.43. The van der Waals surface area contributed by atoms with Crippen LogP contribution in [0.25, 0.3) is 0 Å². The summed E-state index contributed by atoms with van der Waals surface area (Å²) in [5.74, 6) is 2.02. The molecule has 1 saturated carbocycles. The minimum absolute atomic E-state index is 0.307. The Morgan fingerprint density at radius 2 is 1.94 bits per heavy atom. The lowest BCUT2D eigenvalue weighted by molar-refractivity contribution is -0.128. The summed E-state index contributed by atoms with van der Waals surface area (Å²) in [6.45, 7) is 9.06. The van der Waals surface area contributed by atoms with E-state index in [4.69, 9.17) is 0 Å². The molecule has 2 aliphatic rings. The molecule has 1 heterocycles. The Morgan fingerprint density at radius 3 is 2.67 bits per heavy atom. The van der Waals surface area contributed by atoms with E-state index in [1.165, 1.54) is 38.6 Å². The second-order valence-corrected chi connectivity index (χ2v) is 6.79. The van der Waals surface area contributed by atoms with Crippen LogP contribution in [0.15, 0.2) is 0 Å². The van der Waals surface area contributed by atoms with E-state index in [9.17, 15) is 4.79 Å². The monoisotopic (exact) mass is 251 g/mol. The number of carbonyl (C=O) groups is 1. The highest BCUT2D eigenvalue weighted by atomic mass is 16.1. The second-order valence-electron chi connectivity index (χ2n) is 6.79. The molecule has 1 saturated heterocycles. The molecular formula is C16H29NO. The molecule has 2 heteroatoms. The van der Waals surface area contributed by atoms with Crippen LogP contribution >= 0.6 is 0 Å². The summed E-state index contributed by atoms with van der Waals surface area (Å²) in [4.78, 5) is 14.8. The number of rotatable bonds is 2. The van der Waals surface area contributed by atoms with Gasteiger partial charge in [-0.2, -0.15) is 0 Å².